The second kappa shape index (κ2) is 5.92. The monoisotopic (exact) mass is 331 g/mol. The van der Waals surface area contributed by atoms with Crippen LogP contribution in [0.25, 0.3) is 0 Å². The van der Waals surface area contributed by atoms with E-state index >= 15 is 4.39 Å². The Balaban J connectivity index is 1.55. The highest BCUT2D eigenvalue weighted by Crippen LogP contribution is 2.42. The van der Waals surface area contributed by atoms with Gasteiger partial charge in [-0.25, -0.2) is 8.78 Å². The van der Waals surface area contributed by atoms with E-state index in [4.69, 9.17) is 9.47 Å². The van der Waals surface area contributed by atoms with Crippen LogP contribution in [0.15, 0.2) is 54.6 Å². The molecule has 0 saturated carbocycles. The van der Waals surface area contributed by atoms with Gasteiger partial charge < -0.3 is 9.47 Å². The van der Waals surface area contributed by atoms with Crippen molar-refractivity contribution in [3.63, 3.8) is 0 Å². The number of hydrogen-bond acceptors (Lipinski definition) is 3. The summed E-state index contributed by atoms with van der Waals surface area (Å²) >= 11 is 0. The molecule has 0 aromatic heterocycles. The molecule has 126 valence electrons. The molecule has 0 radical (unpaired) electrons. The van der Waals surface area contributed by atoms with E-state index in [1.807, 2.05) is 18.2 Å². The fourth-order valence-electron chi connectivity index (χ4n) is 3.56. The summed E-state index contributed by atoms with van der Waals surface area (Å²) < 4.78 is 40.1. The molecule has 1 N–H and O–H groups in total. The molecule has 2 aliphatic heterocycles. The molecule has 3 atom stereocenters. The van der Waals surface area contributed by atoms with E-state index in [-0.39, 0.29) is 24.9 Å². The molecule has 2 aromatic rings. The van der Waals surface area contributed by atoms with Crippen LogP contribution in [0.5, 0.6) is 0 Å². The van der Waals surface area contributed by atoms with E-state index in [1.54, 1.807) is 24.3 Å². The summed E-state index contributed by atoms with van der Waals surface area (Å²) in [6, 6.07) is 15.2. The zero-order chi connectivity index (χ0) is 16.6. The smallest absolute Gasteiger partial charge is 0.163 e. The van der Waals surface area contributed by atoms with Crippen LogP contribution in [0.3, 0.4) is 0 Å². The first-order valence-corrected chi connectivity index (χ1v) is 8.08. The van der Waals surface area contributed by atoms with Crippen LogP contribution in [0, 0.1) is 5.82 Å². The van der Waals surface area contributed by atoms with Crippen molar-refractivity contribution >= 4 is 0 Å². The zero-order valence-electron chi connectivity index (χ0n) is 13.2. The first-order valence-electron chi connectivity index (χ1n) is 8.08. The van der Waals surface area contributed by atoms with E-state index in [9.17, 15) is 4.39 Å². The lowest BCUT2D eigenvalue weighted by molar-refractivity contribution is -0.169. The van der Waals surface area contributed by atoms with E-state index in [0.717, 1.165) is 5.56 Å². The van der Waals surface area contributed by atoms with Crippen LogP contribution in [0.4, 0.5) is 8.78 Å². The van der Waals surface area contributed by atoms with Gasteiger partial charge in [-0.3, -0.25) is 5.32 Å². The number of rotatable bonds is 2. The first-order chi connectivity index (χ1) is 11.6. The van der Waals surface area contributed by atoms with E-state index in [2.05, 4.69) is 5.32 Å². The Kier molecular flexibility index (Phi) is 3.87. The normalized spacial score (nSPS) is 33.0. The Bertz CT molecular complexity index is 709. The van der Waals surface area contributed by atoms with Crippen LogP contribution in [0.1, 0.15) is 23.6 Å². The second-order valence-corrected chi connectivity index (χ2v) is 6.55. The molecule has 0 amide bonds. The molecule has 2 fully saturated rings. The second-order valence-electron chi connectivity index (χ2n) is 6.55. The minimum Gasteiger partial charge on any atom is -0.373 e. The van der Waals surface area contributed by atoms with Gasteiger partial charge in [0.15, 0.2) is 5.67 Å². The summed E-state index contributed by atoms with van der Waals surface area (Å²) in [7, 11) is 0. The molecule has 3 nitrogen and oxygen atoms in total. The number of ether oxygens (including phenoxy) is 2. The third-order valence-corrected chi connectivity index (χ3v) is 4.76. The number of hydrogen-bond donors (Lipinski definition) is 1. The number of benzene rings is 2. The van der Waals surface area contributed by atoms with Crippen molar-refractivity contribution in [3.05, 3.63) is 71.5 Å². The quantitative estimate of drug-likeness (QED) is 0.914. The molecular weight excluding hydrogens is 312 g/mol. The lowest BCUT2D eigenvalue weighted by Gasteiger charge is -2.41. The van der Waals surface area contributed by atoms with Crippen molar-refractivity contribution in [1.82, 2.24) is 5.32 Å². The lowest BCUT2D eigenvalue weighted by atomic mass is 9.86. The van der Waals surface area contributed by atoms with Crippen LogP contribution in [-0.2, 0) is 15.1 Å². The SMILES string of the molecule is Fc1ccc([C@H]2COC3(COC[C@](F)(c4ccccc4)C3)N2)cc1. The average molecular weight is 331 g/mol. The third kappa shape index (κ3) is 2.83. The fourth-order valence-corrected chi connectivity index (χ4v) is 3.56. The highest BCUT2D eigenvalue weighted by molar-refractivity contribution is 5.26. The van der Waals surface area contributed by atoms with Crippen LogP contribution in [0.2, 0.25) is 0 Å². The standard InChI is InChI=1S/C19H19F2NO2/c20-16-8-6-14(7-9-16)17-10-24-19(22-17)11-18(21,12-23-13-19)15-4-2-1-3-5-15/h1-9,17,22H,10-13H2/t17-,18+,19?/m1/s1. The molecule has 2 aromatic carbocycles. The summed E-state index contributed by atoms with van der Waals surface area (Å²) in [6.45, 7) is 0.716. The van der Waals surface area contributed by atoms with Gasteiger partial charge in [0.1, 0.15) is 11.5 Å². The topological polar surface area (TPSA) is 30.5 Å². The molecule has 24 heavy (non-hydrogen) atoms. The van der Waals surface area contributed by atoms with Gasteiger partial charge in [0.05, 0.1) is 25.9 Å². The van der Waals surface area contributed by atoms with Crippen molar-refractivity contribution in [1.29, 1.82) is 0 Å². The Labute approximate surface area is 139 Å². The van der Waals surface area contributed by atoms with Gasteiger partial charge >= 0.3 is 0 Å². The van der Waals surface area contributed by atoms with Crippen LogP contribution >= 0.6 is 0 Å². The van der Waals surface area contributed by atoms with Gasteiger partial charge in [0.2, 0.25) is 0 Å². The van der Waals surface area contributed by atoms with Crippen molar-refractivity contribution in [2.45, 2.75) is 23.9 Å². The summed E-state index contributed by atoms with van der Waals surface area (Å²) in [5.74, 6) is -0.278. The highest BCUT2D eigenvalue weighted by Gasteiger charge is 2.51. The zero-order valence-corrected chi connectivity index (χ0v) is 13.2. The summed E-state index contributed by atoms with van der Waals surface area (Å²) in [6.07, 6.45) is 0.182. The molecule has 2 saturated heterocycles. The maximum absolute atomic E-state index is 15.5. The summed E-state index contributed by atoms with van der Waals surface area (Å²) in [4.78, 5) is 0. The van der Waals surface area contributed by atoms with Crippen molar-refractivity contribution in [3.8, 4) is 0 Å². The summed E-state index contributed by atoms with van der Waals surface area (Å²) in [5, 5.41) is 3.36. The molecule has 5 heteroatoms. The highest BCUT2D eigenvalue weighted by atomic mass is 19.1. The molecule has 2 heterocycles. The largest absolute Gasteiger partial charge is 0.373 e. The molecule has 2 aliphatic rings. The van der Waals surface area contributed by atoms with Gasteiger partial charge in [0, 0.05) is 6.42 Å². The summed E-state index contributed by atoms with van der Waals surface area (Å²) in [5.41, 5.74) is -0.936. The van der Waals surface area contributed by atoms with Gasteiger partial charge in [0.25, 0.3) is 0 Å². The number of alkyl halides is 1. The Hall–Kier alpha value is -1.82. The minimum atomic E-state index is -1.59. The van der Waals surface area contributed by atoms with Crippen molar-refractivity contribution in [2.75, 3.05) is 19.8 Å². The van der Waals surface area contributed by atoms with E-state index in [0.29, 0.717) is 18.8 Å². The minimum absolute atomic E-state index is 0.0189. The predicted molar refractivity (Wildman–Crippen MR) is 85.6 cm³/mol. The third-order valence-electron chi connectivity index (χ3n) is 4.76. The maximum atomic E-state index is 15.5. The lowest BCUT2D eigenvalue weighted by Crippen LogP contribution is -2.55. The first kappa shape index (κ1) is 15.7. The number of nitrogens with one attached hydrogen (secondary N) is 1. The molecule has 1 spiro atoms. The van der Waals surface area contributed by atoms with Crippen molar-refractivity contribution < 1.29 is 18.3 Å². The van der Waals surface area contributed by atoms with Gasteiger partial charge in [-0.2, -0.15) is 0 Å². The molecular formula is C19H19F2NO2. The maximum Gasteiger partial charge on any atom is 0.163 e. The van der Waals surface area contributed by atoms with Crippen molar-refractivity contribution in [2.24, 2.45) is 0 Å². The van der Waals surface area contributed by atoms with Crippen LogP contribution in [-0.4, -0.2) is 25.5 Å². The Morgan fingerprint density at radius 2 is 1.75 bits per heavy atom. The van der Waals surface area contributed by atoms with E-state index < -0.39 is 11.4 Å². The predicted octanol–water partition coefficient (Wildman–Crippen LogP) is 3.47. The molecule has 4 rings (SSSR count). The average Bonchev–Trinajstić information content (AvgIpc) is 2.99. The number of halogens is 2. The molecule has 0 aliphatic carbocycles. The molecule has 0 bridgehead atoms. The Morgan fingerprint density at radius 3 is 2.50 bits per heavy atom. The van der Waals surface area contributed by atoms with Crippen LogP contribution < -0.4 is 5.32 Å². The molecule has 1 unspecified atom stereocenters. The van der Waals surface area contributed by atoms with Gasteiger partial charge in [-0.1, -0.05) is 42.5 Å². The van der Waals surface area contributed by atoms with Gasteiger partial charge in [-0.05, 0) is 23.3 Å². The Morgan fingerprint density at radius 1 is 1.00 bits per heavy atom. The van der Waals surface area contributed by atoms with E-state index in [1.165, 1.54) is 12.1 Å². The van der Waals surface area contributed by atoms with Gasteiger partial charge in [-0.15, -0.1) is 0 Å². The fraction of sp³-hybridized carbons (Fsp3) is 0.368.